The molecule has 9 heteroatoms. The molecule has 0 aliphatic carbocycles. The molecule has 23 heavy (non-hydrogen) atoms. The van der Waals surface area contributed by atoms with E-state index in [2.05, 4.69) is 20.4 Å². The predicted molar refractivity (Wildman–Crippen MR) is 77.1 cm³/mol. The molecule has 2 aromatic rings. The van der Waals surface area contributed by atoms with Crippen molar-refractivity contribution in [3.63, 3.8) is 0 Å². The fraction of sp³-hybridized carbons (Fsp3) is 0.643. The number of ether oxygens (including phenoxy) is 1. The maximum Gasteiger partial charge on any atom is 0.453 e. The molecule has 126 valence electrons. The van der Waals surface area contributed by atoms with Crippen molar-refractivity contribution in [1.82, 2.24) is 19.6 Å². The van der Waals surface area contributed by atoms with Gasteiger partial charge in [-0.05, 0) is 32.6 Å². The third-order valence-electron chi connectivity index (χ3n) is 4.04. The van der Waals surface area contributed by atoms with Gasteiger partial charge in [-0.3, -0.25) is 0 Å². The maximum atomic E-state index is 12.8. The van der Waals surface area contributed by atoms with E-state index in [-0.39, 0.29) is 11.8 Å². The minimum Gasteiger partial charge on any atom is -0.381 e. The Morgan fingerprint density at radius 2 is 2.00 bits per heavy atom. The standard InChI is InChI=1S/C14H18F3N5O/c1-8-7-11(19-9(2)10-3-5-23-6-4-10)22-13(18-8)20-12(21-22)14(15,16)17/h7,9-10,19H,3-6H2,1-2H3. The summed E-state index contributed by atoms with van der Waals surface area (Å²) >= 11 is 0. The van der Waals surface area contributed by atoms with E-state index in [0.29, 0.717) is 30.6 Å². The van der Waals surface area contributed by atoms with Crippen LogP contribution in [0.5, 0.6) is 0 Å². The Labute approximate surface area is 131 Å². The number of aryl methyl sites for hydroxylation is 1. The first-order valence-corrected chi connectivity index (χ1v) is 7.50. The van der Waals surface area contributed by atoms with Crippen molar-refractivity contribution in [2.45, 2.75) is 38.9 Å². The second-order valence-electron chi connectivity index (χ2n) is 5.81. The largest absolute Gasteiger partial charge is 0.453 e. The van der Waals surface area contributed by atoms with E-state index in [1.165, 1.54) is 0 Å². The zero-order valence-electron chi connectivity index (χ0n) is 12.9. The van der Waals surface area contributed by atoms with Crippen molar-refractivity contribution in [2.24, 2.45) is 5.92 Å². The van der Waals surface area contributed by atoms with Gasteiger partial charge in [0.15, 0.2) is 0 Å². The molecular formula is C14H18F3N5O. The van der Waals surface area contributed by atoms with E-state index < -0.39 is 12.0 Å². The van der Waals surface area contributed by atoms with Gasteiger partial charge in [0.2, 0.25) is 0 Å². The van der Waals surface area contributed by atoms with Crippen LogP contribution in [-0.2, 0) is 10.9 Å². The summed E-state index contributed by atoms with van der Waals surface area (Å²) in [5.74, 6) is -0.372. The molecule has 0 spiro atoms. The van der Waals surface area contributed by atoms with Gasteiger partial charge in [0, 0.05) is 31.0 Å². The topological polar surface area (TPSA) is 64.3 Å². The number of fused-ring (bicyclic) bond motifs is 1. The minimum atomic E-state index is -4.59. The molecule has 3 heterocycles. The first-order chi connectivity index (χ1) is 10.8. The maximum absolute atomic E-state index is 12.8. The predicted octanol–water partition coefficient (Wildman–Crippen LogP) is 2.68. The SMILES string of the molecule is Cc1cc(NC(C)C2CCOCC2)n2nc(C(F)(F)F)nc2n1. The smallest absolute Gasteiger partial charge is 0.381 e. The van der Waals surface area contributed by atoms with Gasteiger partial charge in [-0.15, -0.1) is 5.10 Å². The van der Waals surface area contributed by atoms with E-state index in [4.69, 9.17) is 4.74 Å². The molecule has 0 bridgehead atoms. The Morgan fingerprint density at radius 1 is 1.30 bits per heavy atom. The summed E-state index contributed by atoms with van der Waals surface area (Å²) in [5.41, 5.74) is 0.584. The first kappa shape index (κ1) is 16.0. The molecule has 0 radical (unpaired) electrons. The summed E-state index contributed by atoms with van der Waals surface area (Å²) in [5, 5.41) is 6.81. The number of anilines is 1. The molecule has 0 amide bonds. The molecule has 1 aliphatic rings. The Hall–Kier alpha value is -1.90. The molecule has 1 atom stereocenters. The highest BCUT2D eigenvalue weighted by Crippen LogP contribution is 2.28. The lowest BCUT2D eigenvalue weighted by molar-refractivity contribution is -0.144. The number of aromatic nitrogens is 4. The van der Waals surface area contributed by atoms with E-state index in [0.717, 1.165) is 17.4 Å². The molecule has 0 aromatic carbocycles. The lowest BCUT2D eigenvalue weighted by Crippen LogP contribution is -2.31. The normalized spacial score (nSPS) is 18.3. The Balaban J connectivity index is 1.91. The van der Waals surface area contributed by atoms with Crippen LogP contribution in [0.15, 0.2) is 6.07 Å². The van der Waals surface area contributed by atoms with Gasteiger partial charge in [0.1, 0.15) is 5.82 Å². The van der Waals surface area contributed by atoms with Crippen molar-refractivity contribution < 1.29 is 17.9 Å². The van der Waals surface area contributed by atoms with Crippen LogP contribution in [0.25, 0.3) is 5.78 Å². The fourth-order valence-electron chi connectivity index (χ4n) is 2.78. The summed E-state index contributed by atoms with van der Waals surface area (Å²) in [4.78, 5) is 7.50. The zero-order chi connectivity index (χ0) is 16.6. The number of alkyl halides is 3. The summed E-state index contributed by atoms with van der Waals surface area (Å²) < 4.78 is 44.9. The van der Waals surface area contributed by atoms with Gasteiger partial charge in [0.25, 0.3) is 11.6 Å². The molecule has 1 fully saturated rings. The van der Waals surface area contributed by atoms with E-state index in [1.807, 2.05) is 6.92 Å². The fourth-order valence-corrected chi connectivity index (χ4v) is 2.78. The lowest BCUT2D eigenvalue weighted by Gasteiger charge is -2.29. The summed E-state index contributed by atoms with van der Waals surface area (Å²) in [6.45, 7) is 5.15. The van der Waals surface area contributed by atoms with E-state index in [1.54, 1.807) is 13.0 Å². The molecule has 1 unspecified atom stereocenters. The van der Waals surface area contributed by atoms with Gasteiger partial charge in [-0.2, -0.15) is 22.7 Å². The summed E-state index contributed by atoms with van der Waals surface area (Å²) in [6.07, 6.45) is -2.75. The second-order valence-corrected chi connectivity index (χ2v) is 5.81. The third-order valence-corrected chi connectivity index (χ3v) is 4.04. The Bertz CT molecular complexity index is 694. The van der Waals surface area contributed by atoms with Crippen LogP contribution in [-0.4, -0.2) is 38.8 Å². The second kappa shape index (κ2) is 5.95. The van der Waals surface area contributed by atoms with Crippen LogP contribution in [0.2, 0.25) is 0 Å². The van der Waals surface area contributed by atoms with E-state index >= 15 is 0 Å². The van der Waals surface area contributed by atoms with Crippen molar-refractivity contribution >= 4 is 11.6 Å². The van der Waals surface area contributed by atoms with Crippen LogP contribution in [0.4, 0.5) is 19.0 Å². The third kappa shape index (κ3) is 3.39. The van der Waals surface area contributed by atoms with Gasteiger partial charge >= 0.3 is 6.18 Å². The number of hydrogen-bond donors (Lipinski definition) is 1. The average molecular weight is 329 g/mol. The Morgan fingerprint density at radius 3 is 2.65 bits per heavy atom. The van der Waals surface area contributed by atoms with Gasteiger partial charge in [-0.25, -0.2) is 4.98 Å². The van der Waals surface area contributed by atoms with Gasteiger partial charge < -0.3 is 10.1 Å². The van der Waals surface area contributed by atoms with Crippen molar-refractivity contribution in [3.05, 3.63) is 17.6 Å². The van der Waals surface area contributed by atoms with Gasteiger partial charge in [0.05, 0.1) is 0 Å². The van der Waals surface area contributed by atoms with Crippen LogP contribution < -0.4 is 5.32 Å². The van der Waals surface area contributed by atoms with Gasteiger partial charge in [-0.1, -0.05) is 0 Å². The average Bonchev–Trinajstić information content (AvgIpc) is 2.92. The summed E-state index contributed by atoms with van der Waals surface area (Å²) in [7, 11) is 0. The molecule has 2 aromatic heterocycles. The molecule has 6 nitrogen and oxygen atoms in total. The number of hydrogen-bond acceptors (Lipinski definition) is 5. The molecule has 1 N–H and O–H groups in total. The molecule has 1 saturated heterocycles. The van der Waals surface area contributed by atoms with Crippen molar-refractivity contribution in [3.8, 4) is 0 Å². The van der Waals surface area contributed by atoms with Crippen LogP contribution in [0.1, 0.15) is 31.3 Å². The van der Waals surface area contributed by atoms with Crippen molar-refractivity contribution in [1.29, 1.82) is 0 Å². The molecule has 0 saturated carbocycles. The molecule has 3 rings (SSSR count). The monoisotopic (exact) mass is 329 g/mol. The number of nitrogens with zero attached hydrogens (tertiary/aromatic N) is 4. The lowest BCUT2D eigenvalue weighted by atomic mass is 9.93. The van der Waals surface area contributed by atoms with Crippen LogP contribution >= 0.6 is 0 Å². The quantitative estimate of drug-likeness (QED) is 0.938. The van der Waals surface area contributed by atoms with Crippen LogP contribution in [0.3, 0.4) is 0 Å². The van der Waals surface area contributed by atoms with Crippen LogP contribution in [0, 0.1) is 12.8 Å². The number of halogens is 3. The minimum absolute atomic E-state index is 0.0565. The molecular weight excluding hydrogens is 311 g/mol. The highest BCUT2D eigenvalue weighted by molar-refractivity contribution is 5.46. The Kier molecular flexibility index (Phi) is 4.13. The zero-order valence-corrected chi connectivity index (χ0v) is 12.9. The highest BCUT2D eigenvalue weighted by Gasteiger charge is 2.37. The molecule has 1 aliphatic heterocycles. The number of nitrogens with one attached hydrogen (secondary N) is 1. The summed E-state index contributed by atoms with van der Waals surface area (Å²) in [6, 6.07) is 1.76. The first-order valence-electron chi connectivity index (χ1n) is 7.50. The van der Waals surface area contributed by atoms with Crippen molar-refractivity contribution in [2.75, 3.05) is 18.5 Å². The highest BCUT2D eigenvalue weighted by atomic mass is 19.4. The van der Waals surface area contributed by atoms with E-state index in [9.17, 15) is 13.2 Å². The number of rotatable bonds is 3.